The molecule has 2 nitrogen and oxygen atoms in total. The molecule has 0 aromatic heterocycles. The number of ether oxygens (including phenoxy) is 1. The lowest BCUT2D eigenvalue weighted by Crippen LogP contribution is -2.48. The van der Waals surface area contributed by atoms with Crippen molar-refractivity contribution in [2.24, 2.45) is 11.8 Å². The van der Waals surface area contributed by atoms with Crippen LogP contribution < -0.4 is 5.32 Å². The van der Waals surface area contributed by atoms with E-state index in [1.54, 1.807) is 0 Å². The molecule has 1 heterocycles. The molecular weight excluding hydrogens is 234 g/mol. The molecule has 19 heavy (non-hydrogen) atoms. The summed E-state index contributed by atoms with van der Waals surface area (Å²) in [7, 11) is 0. The van der Waals surface area contributed by atoms with Crippen molar-refractivity contribution in [3.05, 3.63) is 0 Å². The van der Waals surface area contributed by atoms with Crippen LogP contribution in [0.25, 0.3) is 0 Å². The van der Waals surface area contributed by atoms with E-state index in [1.807, 2.05) is 0 Å². The molecule has 1 N–H and O–H groups in total. The van der Waals surface area contributed by atoms with Crippen LogP contribution in [0.3, 0.4) is 0 Å². The van der Waals surface area contributed by atoms with Crippen LogP contribution >= 0.6 is 0 Å². The zero-order valence-electron chi connectivity index (χ0n) is 13.4. The highest BCUT2D eigenvalue weighted by Crippen LogP contribution is 2.31. The third-order valence-electron chi connectivity index (χ3n) is 4.76. The molecule has 0 bridgehead atoms. The van der Waals surface area contributed by atoms with E-state index >= 15 is 0 Å². The summed E-state index contributed by atoms with van der Waals surface area (Å²) in [5.74, 6) is 1.81. The first-order valence-electron chi connectivity index (χ1n) is 8.34. The smallest absolute Gasteiger partial charge is 0.0641 e. The van der Waals surface area contributed by atoms with E-state index in [0.29, 0.717) is 6.04 Å². The molecule has 1 saturated heterocycles. The lowest BCUT2D eigenvalue weighted by atomic mass is 9.80. The van der Waals surface area contributed by atoms with Gasteiger partial charge in [-0.05, 0) is 57.8 Å². The molecule has 0 spiro atoms. The Hall–Kier alpha value is -0.0800. The fourth-order valence-corrected chi connectivity index (χ4v) is 4.03. The lowest BCUT2D eigenvalue weighted by molar-refractivity contribution is -0.0649. The number of hydrogen-bond donors (Lipinski definition) is 1. The monoisotopic (exact) mass is 267 g/mol. The highest BCUT2D eigenvalue weighted by Gasteiger charge is 2.31. The van der Waals surface area contributed by atoms with Crippen LogP contribution in [0.1, 0.15) is 72.6 Å². The zero-order valence-corrected chi connectivity index (χ0v) is 13.4. The van der Waals surface area contributed by atoms with Gasteiger partial charge in [-0.25, -0.2) is 0 Å². The SMILES string of the molecule is CC(C)CC1CCCC(NC2CCOC(C)(C)C2)C1. The Bertz CT molecular complexity index is 274. The fourth-order valence-electron chi connectivity index (χ4n) is 4.03. The first-order chi connectivity index (χ1) is 8.94. The van der Waals surface area contributed by atoms with Crippen molar-refractivity contribution in [1.29, 1.82) is 0 Å². The first-order valence-corrected chi connectivity index (χ1v) is 8.34. The van der Waals surface area contributed by atoms with Crippen molar-refractivity contribution >= 4 is 0 Å². The van der Waals surface area contributed by atoms with Crippen molar-refractivity contribution in [3.63, 3.8) is 0 Å². The third-order valence-corrected chi connectivity index (χ3v) is 4.76. The van der Waals surface area contributed by atoms with Gasteiger partial charge >= 0.3 is 0 Å². The summed E-state index contributed by atoms with van der Waals surface area (Å²) in [6, 6.07) is 1.43. The van der Waals surface area contributed by atoms with Crippen molar-refractivity contribution in [3.8, 4) is 0 Å². The Morgan fingerprint density at radius 1 is 1.16 bits per heavy atom. The Balaban J connectivity index is 1.78. The van der Waals surface area contributed by atoms with E-state index in [0.717, 1.165) is 24.5 Å². The summed E-state index contributed by atoms with van der Waals surface area (Å²) >= 11 is 0. The normalized spacial score (nSPS) is 35.5. The molecule has 2 heteroatoms. The predicted octanol–water partition coefficient (Wildman–Crippen LogP) is 4.14. The minimum atomic E-state index is 0.0713. The molecule has 2 fully saturated rings. The average Bonchev–Trinajstić information content (AvgIpc) is 2.26. The van der Waals surface area contributed by atoms with E-state index in [2.05, 4.69) is 33.0 Å². The topological polar surface area (TPSA) is 21.3 Å². The van der Waals surface area contributed by atoms with Gasteiger partial charge in [0.05, 0.1) is 5.60 Å². The second kappa shape index (κ2) is 6.58. The van der Waals surface area contributed by atoms with E-state index in [4.69, 9.17) is 4.74 Å². The van der Waals surface area contributed by atoms with Gasteiger partial charge in [-0.2, -0.15) is 0 Å². The van der Waals surface area contributed by atoms with Crippen LogP contribution in [-0.4, -0.2) is 24.3 Å². The summed E-state index contributed by atoms with van der Waals surface area (Å²) in [5, 5.41) is 3.94. The summed E-state index contributed by atoms with van der Waals surface area (Å²) in [4.78, 5) is 0. The van der Waals surface area contributed by atoms with Gasteiger partial charge in [0.2, 0.25) is 0 Å². The Kier molecular flexibility index (Phi) is 5.30. The molecule has 1 aliphatic carbocycles. The van der Waals surface area contributed by atoms with E-state index < -0.39 is 0 Å². The van der Waals surface area contributed by atoms with E-state index in [-0.39, 0.29) is 5.60 Å². The molecule has 1 saturated carbocycles. The number of rotatable bonds is 4. The maximum atomic E-state index is 5.82. The molecule has 2 aliphatic rings. The molecule has 3 unspecified atom stereocenters. The summed E-state index contributed by atoms with van der Waals surface area (Å²) in [6.07, 6.45) is 9.42. The van der Waals surface area contributed by atoms with Crippen LogP contribution in [0.2, 0.25) is 0 Å². The molecule has 112 valence electrons. The zero-order chi connectivity index (χ0) is 13.9. The van der Waals surface area contributed by atoms with Gasteiger partial charge in [-0.1, -0.05) is 26.7 Å². The summed E-state index contributed by atoms with van der Waals surface area (Å²) in [5.41, 5.74) is 0.0713. The molecule has 0 amide bonds. The lowest BCUT2D eigenvalue weighted by Gasteiger charge is -2.39. The van der Waals surface area contributed by atoms with Gasteiger partial charge in [-0.3, -0.25) is 0 Å². The quantitative estimate of drug-likeness (QED) is 0.826. The maximum Gasteiger partial charge on any atom is 0.0641 e. The van der Waals surface area contributed by atoms with Crippen LogP contribution in [0.5, 0.6) is 0 Å². The average molecular weight is 267 g/mol. The summed E-state index contributed by atoms with van der Waals surface area (Å²) < 4.78 is 5.82. The fraction of sp³-hybridized carbons (Fsp3) is 1.00. The van der Waals surface area contributed by atoms with Crippen molar-refractivity contribution in [2.75, 3.05) is 6.61 Å². The van der Waals surface area contributed by atoms with Gasteiger partial charge in [0, 0.05) is 18.7 Å². The molecule has 1 aliphatic heterocycles. The van der Waals surface area contributed by atoms with Crippen LogP contribution in [0.4, 0.5) is 0 Å². The van der Waals surface area contributed by atoms with Crippen molar-refractivity contribution < 1.29 is 4.74 Å². The minimum Gasteiger partial charge on any atom is -0.375 e. The van der Waals surface area contributed by atoms with Crippen molar-refractivity contribution in [2.45, 2.75) is 90.3 Å². The van der Waals surface area contributed by atoms with Gasteiger partial charge < -0.3 is 10.1 Å². The third kappa shape index (κ3) is 5.07. The molecular formula is C17H33NO. The van der Waals surface area contributed by atoms with E-state index in [9.17, 15) is 0 Å². The van der Waals surface area contributed by atoms with Crippen LogP contribution in [-0.2, 0) is 4.74 Å². The molecule has 0 aromatic rings. The van der Waals surface area contributed by atoms with Gasteiger partial charge in [0.25, 0.3) is 0 Å². The first kappa shape index (κ1) is 15.3. The second-order valence-corrected chi connectivity index (χ2v) is 7.82. The Morgan fingerprint density at radius 3 is 2.63 bits per heavy atom. The molecule has 0 aromatic carbocycles. The van der Waals surface area contributed by atoms with E-state index in [1.165, 1.54) is 44.9 Å². The number of nitrogens with one attached hydrogen (secondary N) is 1. The minimum absolute atomic E-state index is 0.0713. The Morgan fingerprint density at radius 2 is 1.95 bits per heavy atom. The van der Waals surface area contributed by atoms with Crippen LogP contribution in [0.15, 0.2) is 0 Å². The molecule has 0 radical (unpaired) electrons. The maximum absolute atomic E-state index is 5.82. The molecule has 2 rings (SSSR count). The predicted molar refractivity (Wildman–Crippen MR) is 81.4 cm³/mol. The van der Waals surface area contributed by atoms with Crippen molar-refractivity contribution in [1.82, 2.24) is 5.32 Å². The van der Waals surface area contributed by atoms with Gasteiger partial charge in [0.15, 0.2) is 0 Å². The Labute approximate surface area is 119 Å². The number of hydrogen-bond acceptors (Lipinski definition) is 2. The van der Waals surface area contributed by atoms with Crippen LogP contribution in [0, 0.1) is 11.8 Å². The van der Waals surface area contributed by atoms with Gasteiger partial charge in [-0.15, -0.1) is 0 Å². The highest BCUT2D eigenvalue weighted by atomic mass is 16.5. The second-order valence-electron chi connectivity index (χ2n) is 7.82. The summed E-state index contributed by atoms with van der Waals surface area (Å²) in [6.45, 7) is 10.1. The molecule has 3 atom stereocenters. The largest absolute Gasteiger partial charge is 0.375 e. The highest BCUT2D eigenvalue weighted by molar-refractivity contribution is 4.87. The standard InChI is InChI=1S/C17H33NO/c1-13(2)10-14-6-5-7-15(11-14)18-16-8-9-19-17(3,4)12-16/h13-16,18H,5-12H2,1-4H3. The van der Waals surface area contributed by atoms with Gasteiger partial charge in [0.1, 0.15) is 0 Å².